The molecule has 0 amide bonds. The first-order chi connectivity index (χ1) is 7.51. The number of hydrogen-bond donors (Lipinski definition) is 1. The van der Waals surface area contributed by atoms with E-state index >= 15 is 0 Å². The molecule has 0 saturated carbocycles. The molecule has 0 saturated heterocycles. The summed E-state index contributed by atoms with van der Waals surface area (Å²) in [7, 11) is -3.51. The second kappa shape index (κ2) is 5.60. The number of halogens is 1. The summed E-state index contributed by atoms with van der Waals surface area (Å²) < 4.78 is 28.1. The van der Waals surface area contributed by atoms with Crippen molar-refractivity contribution in [1.82, 2.24) is 9.29 Å². The molecule has 0 atom stereocenters. The van der Waals surface area contributed by atoms with E-state index in [4.69, 9.17) is 0 Å². The molecule has 0 aliphatic heterocycles. The Morgan fingerprint density at radius 3 is 2.56 bits per heavy atom. The van der Waals surface area contributed by atoms with Crippen LogP contribution in [-0.4, -0.2) is 30.8 Å². The average Bonchev–Trinajstić information content (AvgIpc) is 2.22. The lowest BCUT2D eigenvalue weighted by Gasteiger charge is -2.19. The number of anilines is 1. The lowest BCUT2D eigenvalue weighted by atomic mass is 10.5. The lowest BCUT2D eigenvalue weighted by Crippen LogP contribution is -2.35. The minimum absolute atomic E-state index is 0.300. The van der Waals surface area contributed by atoms with Crippen LogP contribution in [0.3, 0.4) is 0 Å². The van der Waals surface area contributed by atoms with Gasteiger partial charge in [0.2, 0.25) is 0 Å². The van der Waals surface area contributed by atoms with E-state index in [1.165, 1.54) is 10.5 Å². The Labute approximate surface area is 104 Å². The Morgan fingerprint density at radius 2 is 2.06 bits per heavy atom. The molecule has 1 aromatic rings. The van der Waals surface area contributed by atoms with E-state index in [1.54, 1.807) is 26.0 Å². The second-order valence-corrected chi connectivity index (χ2v) is 5.55. The lowest BCUT2D eigenvalue weighted by molar-refractivity contribution is 0.449. The number of pyridine rings is 1. The van der Waals surface area contributed by atoms with Gasteiger partial charge in [-0.1, -0.05) is 13.8 Å². The Morgan fingerprint density at radius 1 is 1.44 bits per heavy atom. The van der Waals surface area contributed by atoms with Crippen molar-refractivity contribution >= 4 is 32.0 Å². The van der Waals surface area contributed by atoms with Crippen LogP contribution >= 0.6 is 15.9 Å². The first kappa shape index (κ1) is 13.4. The van der Waals surface area contributed by atoms with Crippen molar-refractivity contribution in [3.8, 4) is 0 Å². The third-order valence-corrected chi connectivity index (χ3v) is 4.32. The van der Waals surface area contributed by atoms with Crippen molar-refractivity contribution in [2.75, 3.05) is 17.8 Å². The summed E-state index contributed by atoms with van der Waals surface area (Å²) in [5.74, 6) is 0.300. The van der Waals surface area contributed by atoms with Crippen molar-refractivity contribution in [2.24, 2.45) is 0 Å². The summed E-state index contributed by atoms with van der Waals surface area (Å²) in [4.78, 5) is 3.95. The number of aromatic nitrogens is 1. The van der Waals surface area contributed by atoms with E-state index in [1.807, 2.05) is 0 Å². The van der Waals surface area contributed by atoms with Crippen molar-refractivity contribution in [3.05, 3.63) is 22.8 Å². The van der Waals surface area contributed by atoms with Crippen molar-refractivity contribution in [1.29, 1.82) is 0 Å². The van der Waals surface area contributed by atoms with Gasteiger partial charge in [-0.05, 0) is 28.1 Å². The normalized spacial score (nSPS) is 11.8. The molecular formula is C9H14BrN3O2S. The SMILES string of the molecule is CCN(CC)S(=O)(=O)Nc1ncccc1Br. The molecule has 90 valence electrons. The van der Waals surface area contributed by atoms with Gasteiger partial charge in [0.25, 0.3) is 0 Å². The molecule has 1 N–H and O–H groups in total. The van der Waals surface area contributed by atoms with E-state index in [0.29, 0.717) is 23.4 Å². The highest BCUT2D eigenvalue weighted by Gasteiger charge is 2.19. The fourth-order valence-corrected chi connectivity index (χ4v) is 2.91. The van der Waals surface area contributed by atoms with E-state index in [-0.39, 0.29) is 0 Å². The molecule has 0 fully saturated rings. The monoisotopic (exact) mass is 307 g/mol. The van der Waals surface area contributed by atoms with Gasteiger partial charge in [0.15, 0.2) is 5.82 Å². The van der Waals surface area contributed by atoms with Crippen LogP contribution in [-0.2, 0) is 10.2 Å². The molecule has 0 spiro atoms. The molecule has 5 nitrogen and oxygen atoms in total. The largest absolute Gasteiger partial charge is 0.302 e. The van der Waals surface area contributed by atoms with Gasteiger partial charge in [-0.2, -0.15) is 12.7 Å². The molecule has 1 aromatic heterocycles. The second-order valence-electron chi connectivity index (χ2n) is 3.03. The van der Waals surface area contributed by atoms with Gasteiger partial charge in [0.1, 0.15) is 0 Å². The average molecular weight is 308 g/mol. The molecular weight excluding hydrogens is 294 g/mol. The third-order valence-electron chi connectivity index (χ3n) is 2.03. The summed E-state index contributed by atoms with van der Waals surface area (Å²) in [5, 5.41) is 0. The number of nitrogens with one attached hydrogen (secondary N) is 1. The highest BCUT2D eigenvalue weighted by atomic mass is 79.9. The molecule has 1 heterocycles. The Kier molecular flexibility index (Phi) is 4.69. The van der Waals surface area contributed by atoms with Crippen molar-refractivity contribution < 1.29 is 8.42 Å². The maximum Gasteiger partial charge on any atom is 0.302 e. The zero-order chi connectivity index (χ0) is 12.2. The molecule has 16 heavy (non-hydrogen) atoms. The third kappa shape index (κ3) is 3.16. The first-order valence-electron chi connectivity index (χ1n) is 4.89. The van der Waals surface area contributed by atoms with Crippen LogP contribution in [0.15, 0.2) is 22.8 Å². The maximum absolute atomic E-state index is 11.9. The van der Waals surface area contributed by atoms with Crippen LogP contribution in [0.5, 0.6) is 0 Å². The molecule has 1 rings (SSSR count). The summed E-state index contributed by atoms with van der Waals surface area (Å²) >= 11 is 3.23. The van der Waals surface area contributed by atoms with Crippen LogP contribution in [0.4, 0.5) is 5.82 Å². The Balaban J connectivity index is 2.93. The summed E-state index contributed by atoms with van der Waals surface area (Å²) in [5.41, 5.74) is 0. The first-order valence-corrected chi connectivity index (χ1v) is 7.13. The fourth-order valence-electron chi connectivity index (χ4n) is 1.21. The van der Waals surface area contributed by atoms with Crippen LogP contribution < -0.4 is 4.72 Å². The number of nitrogens with zero attached hydrogens (tertiary/aromatic N) is 2. The molecule has 0 aliphatic rings. The van der Waals surface area contributed by atoms with Gasteiger partial charge in [-0.3, -0.25) is 4.72 Å². The minimum Gasteiger partial charge on any atom is -0.254 e. The van der Waals surface area contributed by atoms with Gasteiger partial charge in [0, 0.05) is 19.3 Å². The van der Waals surface area contributed by atoms with Crippen LogP contribution in [0, 0.1) is 0 Å². The Bertz CT molecular complexity index is 446. The maximum atomic E-state index is 11.9. The van der Waals surface area contributed by atoms with Gasteiger partial charge in [0.05, 0.1) is 4.47 Å². The zero-order valence-electron chi connectivity index (χ0n) is 9.14. The number of hydrogen-bond acceptors (Lipinski definition) is 3. The predicted molar refractivity (Wildman–Crippen MR) is 67.4 cm³/mol. The van der Waals surface area contributed by atoms with Crippen LogP contribution in [0.2, 0.25) is 0 Å². The topological polar surface area (TPSA) is 62.3 Å². The fraction of sp³-hybridized carbons (Fsp3) is 0.444. The predicted octanol–water partition coefficient (Wildman–Crippen LogP) is 1.84. The minimum atomic E-state index is -3.51. The molecule has 0 bridgehead atoms. The Hall–Kier alpha value is -0.660. The van der Waals surface area contributed by atoms with Gasteiger partial charge < -0.3 is 0 Å². The summed E-state index contributed by atoms with van der Waals surface area (Å²) in [6.07, 6.45) is 1.53. The highest BCUT2D eigenvalue weighted by Crippen LogP contribution is 2.20. The molecule has 0 aromatic carbocycles. The standard InChI is InChI=1S/C9H14BrN3O2S/c1-3-13(4-2)16(14,15)12-9-8(10)6-5-7-11-9/h5-7H,3-4H2,1-2H3,(H,11,12). The van der Waals surface area contributed by atoms with E-state index in [0.717, 1.165) is 0 Å². The van der Waals surface area contributed by atoms with Gasteiger partial charge in [-0.25, -0.2) is 4.98 Å². The zero-order valence-corrected chi connectivity index (χ0v) is 11.5. The smallest absolute Gasteiger partial charge is 0.254 e. The van der Waals surface area contributed by atoms with Gasteiger partial charge in [-0.15, -0.1) is 0 Å². The summed E-state index contributed by atoms with van der Waals surface area (Å²) in [6.45, 7) is 4.43. The molecule has 0 aliphatic carbocycles. The van der Waals surface area contributed by atoms with E-state index in [2.05, 4.69) is 25.6 Å². The van der Waals surface area contributed by atoms with Crippen molar-refractivity contribution in [2.45, 2.75) is 13.8 Å². The molecule has 7 heteroatoms. The van der Waals surface area contributed by atoms with Crippen LogP contribution in [0.1, 0.15) is 13.8 Å². The van der Waals surface area contributed by atoms with E-state index < -0.39 is 10.2 Å². The molecule has 0 radical (unpaired) electrons. The van der Waals surface area contributed by atoms with Crippen molar-refractivity contribution in [3.63, 3.8) is 0 Å². The van der Waals surface area contributed by atoms with Gasteiger partial charge >= 0.3 is 10.2 Å². The van der Waals surface area contributed by atoms with E-state index in [9.17, 15) is 8.42 Å². The van der Waals surface area contributed by atoms with Crippen LogP contribution in [0.25, 0.3) is 0 Å². The quantitative estimate of drug-likeness (QED) is 0.903. The molecule has 0 unspecified atom stereocenters. The number of rotatable bonds is 5. The summed E-state index contributed by atoms with van der Waals surface area (Å²) in [6, 6.07) is 3.45. The highest BCUT2D eigenvalue weighted by molar-refractivity contribution is 9.10.